The summed E-state index contributed by atoms with van der Waals surface area (Å²) in [7, 11) is 0. The van der Waals surface area contributed by atoms with Crippen LogP contribution in [0.25, 0.3) is 27.7 Å². The number of hydrogen-bond donors (Lipinski definition) is 0. The van der Waals surface area contributed by atoms with Crippen LogP contribution in [-0.2, 0) is 14.9 Å². The summed E-state index contributed by atoms with van der Waals surface area (Å²) in [6, 6.07) is 21.1. The zero-order chi connectivity index (χ0) is 29.3. The highest BCUT2D eigenvalue weighted by Crippen LogP contribution is 2.42. The maximum absolute atomic E-state index is 13.8. The maximum Gasteiger partial charge on any atom is 0.357 e. The summed E-state index contributed by atoms with van der Waals surface area (Å²) in [5.41, 5.74) is 8.15. The van der Waals surface area contributed by atoms with Crippen LogP contribution in [0.1, 0.15) is 63.2 Å². The standard InChI is InChI=1S/C35H42N2O4/c1-8-40-34(38)33-32(36-19-21-39-22-20-36)31-24(4)29(25-9-11-26(12-10-25)35(5,6)7)17-18-30(31)37(33)27-13-15-28(16-14-27)41-23(2)3/h9-18,23H,8,19-22H2,1-7H3. The lowest BCUT2D eigenvalue weighted by molar-refractivity contribution is 0.0517. The molecule has 216 valence electrons. The van der Waals surface area contributed by atoms with Gasteiger partial charge in [-0.2, -0.15) is 0 Å². The average Bonchev–Trinajstić information content (AvgIpc) is 3.30. The molecule has 6 heteroatoms. The van der Waals surface area contributed by atoms with Gasteiger partial charge in [0.2, 0.25) is 0 Å². The fourth-order valence-electron chi connectivity index (χ4n) is 5.69. The van der Waals surface area contributed by atoms with Crippen LogP contribution in [0, 0.1) is 6.92 Å². The SMILES string of the molecule is CCOC(=O)c1c(N2CCOCC2)c2c(C)c(-c3ccc(C(C)(C)C)cc3)ccc2n1-c1ccc(OC(C)C)cc1. The Morgan fingerprint density at radius 1 is 0.951 bits per heavy atom. The highest BCUT2D eigenvalue weighted by atomic mass is 16.5. The highest BCUT2D eigenvalue weighted by Gasteiger charge is 2.31. The molecule has 0 radical (unpaired) electrons. The zero-order valence-electron chi connectivity index (χ0n) is 25.4. The Kier molecular flexibility index (Phi) is 8.14. The van der Waals surface area contributed by atoms with Crippen LogP contribution >= 0.6 is 0 Å². The molecule has 0 amide bonds. The molecule has 0 N–H and O–H groups in total. The Balaban J connectivity index is 1.77. The first-order valence-electron chi connectivity index (χ1n) is 14.7. The maximum atomic E-state index is 13.8. The van der Waals surface area contributed by atoms with Crippen molar-refractivity contribution in [2.45, 2.75) is 60.0 Å². The number of carbonyl (C=O) groups is 1. The van der Waals surface area contributed by atoms with Crippen molar-refractivity contribution in [3.63, 3.8) is 0 Å². The molecular formula is C35H42N2O4. The number of benzene rings is 3. The van der Waals surface area contributed by atoms with Crippen molar-refractivity contribution in [2.75, 3.05) is 37.8 Å². The Bertz CT molecular complexity index is 1520. The third-order valence-corrected chi connectivity index (χ3v) is 7.69. The molecule has 1 aromatic heterocycles. The average molecular weight is 555 g/mol. The number of nitrogens with zero attached hydrogens (tertiary/aromatic N) is 2. The van der Waals surface area contributed by atoms with Crippen molar-refractivity contribution >= 4 is 22.6 Å². The van der Waals surface area contributed by atoms with Gasteiger partial charge in [-0.25, -0.2) is 4.79 Å². The molecule has 1 aliphatic heterocycles. The largest absolute Gasteiger partial charge is 0.491 e. The molecule has 0 aliphatic carbocycles. The minimum atomic E-state index is -0.330. The minimum absolute atomic E-state index is 0.0785. The lowest BCUT2D eigenvalue weighted by atomic mass is 9.86. The predicted octanol–water partition coefficient (Wildman–Crippen LogP) is 7.70. The van der Waals surface area contributed by atoms with Crippen LogP contribution in [0.15, 0.2) is 60.7 Å². The summed E-state index contributed by atoms with van der Waals surface area (Å²) < 4.78 is 19.3. The molecule has 0 unspecified atom stereocenters. The zero-order valence-corrected chi connectivity index (χ0v) is 25.4. The third-order valence-electron chi connectivity index (χ3n) is 7.69. The molecule has 41 heavy (non-hydrogen) atoms. The summed E-state index contributed by atoms with van der Waals surface area (Å²) in [4.78, 5) is 16.0. The van der Waals surface area contributed by atoms with E-state index in [2.05, 4.69) is 73.6 Å². The van der Waals surface area contributed by atoms with E-state index in [0.29, 0.717) is 38.6 Å². The number of rotatable bonds is 7. The molecule has 1 aliphatic rings. The van der Waals surface area contributed by atoms with E-state index in [1.807, 2.05) is 45.0 Å². The first-order chi connectivity index (χ1) is 19.6. The fourth-order valence-corrected chi connectivity index (χ4v) is 5.69. The van der Waals surface area contributed by atoms with Gasteiger partial charge in [-0.15, -0.1) is 0 Å². The molecule has 0 atom stereocenters. The van der Waals surface area contributed by atoms with Gasteiger partial charge in [0, 0.05) is 24.2 Å². The molecule has 6 nitrogen and oxygen atoms in total. The van der Waals surface area contributed by atoms with Crippen molar-refractivity contribution in [2.24, 2.45) is 0 Å². The van der Waals surface area contributed by atoms with Crippen molar-refractivity contribution < 1.29 is 19.0 Å². The molecule has 1 fully saturated rings. The summed E-state index contributed by atoms with van der Waals surface area (Å²) in [5, 5.41) is 1.06. The number of fused-ring (bicyclic) bond motifs is 1. The van der Waals surface area contributed by atoms with E-state index in [-0.39, 0.29) is 17.5 Å². The van der Waals surface area contributed by atoms with Crippen molar-refractivity contribution in [1.82, 2.24) is 4.57 Å². The summed E-state index contributed by atoms with van der Waals surface area (Å²) in [6.45, 7) is 17.7. The number of ether oxygens (including phenoxy) is 3. The van der Waals surface area contributed by atoms with Crippen LogP contribution < -0.4 is 9.64 Å². The van der Waals surface area contributed by atoms with E-state index in [9.17, 15) is 4.79 Å². The topological polar surface area (TPSA) is 52.9 Å². The molecule has 1 saturated heterocycles. The lowest BCUT2D eigenvalue weighted by Gasteiger charge is -2.29. The normalized spacial score (nSPS) is 14.1. The lowest BCUT2D eigenvalue weighted by Crippen LogP contribution is -2.37. The van der Waals surface area contributed by atoms with Gasteiger partial charge in [-0.3, -0.25) is 0 Å². The van der Waals surface area contributed by atoms with E-state index < -0.39 is 0 Å². The van der Waals surface area contributed by atoms with Gasteiger partial charge in [0.15, 0.2) is 5.69 Å². The number of hydrogen-bond acceptors (Lipinski definition) is 5. The smallest absolute Gasteiger partial charge is 0.357 e. The third kappa shape index (κ3) is 5.71. The first-order valence-corrected chi connectivity index (χ1v) is 14.7. The van der Waals surface area contributed by atoms with E-state index >= 15 is 0 Å². The molecular weight excluding hydrogens is 512 g/mol. The van der Waals surface area contributed by atoms with Gasteiger partial charge in [-0.05, 0) is 85.7 Å². The van der Waals surface area contributed by atoms with E-state index in [0.717, 1.165) is 44.7 Å². The van der Waals surface area contributed by atoms with Crippen LogP contribution in [0.3, 0.4) is 0 Å². The fraction of sp³-hybridized carbons (Fsp3) is 0.400. The Morgan fingerprint density at radius 2 is 1.61 bits per heavy atom. The van der Waals surface area contributed by atoms with Gasteiger partial charge < -0.3 is 23.7 Å². The van der Waals surface area contributed by atoms with Crippen LogP contribution in [0.5, 0.6) is 5.75 Å². The molecule has 0 bridgehead atoms. The molecule has 5 rings (SSSR count). The number of morpholine rings is 1. The van der Waals surface area contributed by atoms with Crippen molar-refractivity contribution in [1.29, 1.82) is 0 Å². The quantitative estimate of drug-likeness (QED) is 0.219. The second-order valence-electron chi connectivity index (χ2n) is 12.0. The monoisotopic (exact) mass is 554 g/mol. The Hall–Kier alpha value is -3.77. The Labute approximate surface area is 243 Å². The van der Waals surface area contributed by atoms with Gasteiger partial charge in [-0.1, -0.05) is 51.1 Å². The number of anilines is 1. The molecule has 3 aromatic carbocycles. The second kappa shape index (κ2) is 11.6. The number of aromatic nitrogens is 1. The van der Waals surface area contributed by atoms with E-state index in [1.54, 1.807) is 0 Å². The number of esters is 1. The molecule has 4 aromatic rings. The predicted molar refractivity (Wildman–Crippen MR) is 167 cm³/mol. The first kappa shape index (κ1) is 28.7. The van der Waals surface area contributed by atoms with Gasteiger partial charge in [0.05, 0.1) is 37.1 Å². The second-order valence-corrected chi connectivity index (χ2v) is 12.0. The summed E-state index contributed by atoms with van der Waals surface area (Å²) >= 11 is 0. The molecule has 0 saturated carbocycles. The van der Waals surface area contributed by atoms with Crippen LogP contribution in [0.2, 0.25) is 0 Å². The summed E-state index contributed by atoms with van der Waals surface area (Å²) in [6.07, 6.45) is 0.0785. The molecule has 2 heterocycles. The van der Waals surface area contributed by atoms with Crippen molar-refractivity contribution in [3.8, 4) is 22.6 Å². The van der Waals surface area contributed by atoms with Gasteiger partial charge >= 0.3 is 5.97 Å². The van der Waals surface area contributed by atoms with Crippen molar-refractivity contribution in [3.05, 3.63) is 77.5 Å². The summed E-state index contributed by atoms with van der Waals surface area (Å²) in [5.74, 6) is 0.464. The minimum Gasteiger partial charge on any atom is -0.491 e. The highest BCUT2D eigenvalue weighted by molar-refractivity contribution is 6.11. The number of aryl methyl sites for hydroxylation is 1. The van der Waals surface area contributed by atoms with Crippen LogP contribution in [-0.4, -0.2) is 49.6 Å². The van der Waals surface area contributed by atoms with E-state index in [4.69, 9.17) is 14.2 Å². The number of carbonyl (C=O) groups excluding carboxylic acids is 1. The van der Waals surface area contributed by atoms with Crippen LogP contribution in [0.4, 0.5) is 5.69 Å². The van der Waals surface area contributed by atoms with Gasteiger partial charge in [0.1, 0.15) is 5.75 Å². The van der Waals surface area contributed by atoms with Gasteiger partial charge in [0.25, 0.3) is 0 Å². The van der Waals surface area contributed by atoms with E-state index in [1.165, 1.54) is 5.56 Å². The molecule has 0 spiro atoms. The Morgan fingerprint density at radius 3 is 2.20 bits per heavy atom.